The van der Waals surface area contributed by atoms with Gasteiger partial charge in [-0.3, -0.25) is 0 Å². The number of aromatic nitrogens is 2. The SMILES string of the molecule is CCC(C)c1nc(N)c2c(C)c(C)sc2n1. The molecular formula is C12H17N3S. The molecule has 2 rings (SSSR count). The summed E-state index contributed by atoms with van der Waals surface area (Å²) in [5.41, 5.74) is 7.24. The van der Waals surface area contributed by atoms with Crippen LogP contribution < -0.4 is 5.73 Å². The van der Waals surface area contributed by atoms with E-state index in [1.807, 2.05) is 0 Å². The van der Waals surface area contributed by atoms with Crippen molar-refractivity contribution in [2.45, 2.75) is 40.0 Å². The first-order chi connectivity index (χ1) is 7.54. The van der Waals surface area contributed by atoms with Gasteiger partial charge in [0.05, 0.1) is 5.39 Å². The molecule has 0 aromatic carbocycles. The molecule has 0 saturated heterocycles. The van der Waals surface area contributed by atoms with E-state index >= 15 is 0 Å². The molecule has 0 fully saturated rings. The average molecular weight is 235 g/mol. The zero-order valence-electron chi connectivity index (χ0n) is 10.2. The van der Waals surface area contributed by atoms with Crippen LogP contribution in [0.4, 0.5) is 5.82 Å². The van der Waals surface area contributed by atoms with Crippen LogP contribution >= 0.6 is 11.3 Å². The molecule has 2 aromatic heterocycles. The molecule has 0 bridgehead atoms. The van der Waals surface area contributed by atoms with Gasteiger partial charge in [-0.15, -0.1) is 11.3 Å². The molecule has 4 heteroatoms. The van der Waals surface area contributed by atoms with E-state index < -0.39 is 0 Å². The number of rotatable bonds is 2. The molecule has 1 unspecified atom stereocenters. The molecule has 0 radical (unpaired) electrons. The van der Waals surface area contributed by atoms with E-state index in [0.29, 0.717) is 11.7 Å². The number of nitrogens with two attached hydrogens (primary N) is 1. The third-order valence-electron chi connectivity index (χ3n) is 3.13. The Morgan fingerprint density at radius 2 is 2.00 bits per heavy atom. The molecule has 2 heterocycles. The first kappa shape index (κ1) is 11.3. The lowest BCUT2D eigenvalue weighted by atomic mass is 10.1. The lowest BCUT2D eigenvalue weighted by molar-refractivity contribution is 0.685. The number of nitrogen functional groups attached to an aromatic ring is 1. The van der Waals surface area contributed by atoms with Gasteiger partial charge in [-0.25, -0.2) is 9.97 Å². The minimum Gasteiger partial charge on any atom is -0.383 e. The van der Waals surface area contributed by atoms with Gasteiger partial charge < -0.3 is 5.73 Å². The smallest absolute Gasteiger partial charge is 0.136 e. The quantitative estimate of drug-likeness (QED) is 0.868. The summed E-state index contributed by atoms with van der Waals surface area (Å²) in [4.78, 5) is 11.3. The fourth-order valence-corrected chi connectivity index (χ4v) is 2.74. The number of fused-ring (bicyclic) bond motifs is 1. The second-order valence-electron chi connectivity index (χ2n) is 4.24. The molecule has 2 N–H and O–H groups in total. The van der Waals surface area contributed by atoms with Crippen LogP contribution in [0.2, 0.25) is 0 Å². The van der Waals surface area contributed by atoms with Gasteiger partial charge in [-0.05, 0) is 25.8 Å². The minimum atomic E-state index is 0.370. The Morgan fingerprint density at radius 3 is 2.62 bits per heavy atom. The summed E-state index contributed by atoms with van der Waals surface area (Å²) < 4.78 is 0. The number of nitrogens with zero attached hydrogens (tertiary/aromatic N) is 2. The maximum Gasteiger partial charge on any atom is 0.136 e. The zero-order chi connectivity index (χ0) is 11.9. The summed E-state index contributed by atoms with van der Waals surface area (Å²) in [7, 11) is 0. The highest BCUT2D eigenvalue weighted by Crippen LogP contribution is 2.33. The third-order valence-corrected chi connectivity index (χ3v) is 4.23. The summed E-state index contributed by atoms with van der Waals surface area (Å²) in [6, 6.07) is 0. The van der Waals surface area contributed by atoms with Crippen LogP contribution in [0.3, 0.4) is 0 Å². The maximum absolute atomic E-state index is 6.02. The molecule has 16 heavy (non-hydrogen) atoms. The molecule has 86 valence electrons. The lowest BCUT2D eigenvalue weighted by Gasteiger charge is -2.08. The first-order valence-electron chi connectivity index (χ1n) is 5.57. The van der Waals surface area contributed by atoms with Crippen LogP contribution in [0, 0.1) is 13.8 Å². The normalized spacial score (nSPS) is 13.2. The Morgan fingerprint density at radius 1 is 1.31 bits per heavy atom. The van der Waals surface area contributed by atoms with E-state index in [4.69, 9.17) is 5.73 Å². The molecule has 0 saturated carbocycles. The highest BCUT2D eigenvalue weighted by molar-refractivity contribution is 7.18. The molecule has 0 spiro atoms. The Labute approximate surface area is 99.7 Å². The number of anilines is 1. The molecule has 0 amide bonds. The van der Waals surface area contributed by atoms with Gasteiger partial charge >= 0.3 is 0 Å². The molecule has 0 aliphatic rings. The first-order valence-corrected chi connectivity index (χ1v) is 6.39. The highest BCUT2D eigenvalue weighted by Gasteiger charge is 2.14. The molecule has 1 atom stereocenters. The van der Waals surface area contributed by atoms with Gasteiger partial charge in [0.15, 0.2) is 0 Å². The predicted octanol–water partition coefficient (Wildman–Crippen LogP) is 3.40. The van der Waals surface area contributed by atoms with E-state index in [0.717, 1.165) is 22.5 Å². The Kier molecular flexibility index (Phi) is 2.84. The van der Waals surface area contributed by atoms with E-state index in [2.05, 4.69) is 37.7 Å². The molecule has 0 aliphatic heterocycles. The second-order valence-corrected chi connectivity index (χ2v) is 5.44. The monoisotopic (exact) mass is 235 g/mol. The van der Waals surface area contributed by atoms with Crippen molar-refractivity contribution < 1.29 is 0 Å². The summed E-state index contributed by atoms with van der Waals surface area (Å²) in [5.74, 6) is 1.87. The van der Waals surface area contributed by atoms with Crippen LogP contribution in [-0.4, -0.2) is 9.97 Å². The fraction of sp³-hybridized carbons (Fsp3) is 0.500. The van der Waals surface area contributed by atoms with Gasteiger partial charge in [0.1, 0.15) is 16.5 Å². The molecule has 0 aliphatic carbocycles. The van der Waals surface area contributed by atoms with Gasteiger partial charge in [0.25, 0.3) is 0 Å². The van der Waals surface area contributed by atoms with Crippen LogP contribution in [0.1, 0.15) is 42.5 Å². The van der Waals surface area contributed by atoms with Crippen LogP contribution in [0.5, 0.6) is 0 Å². The van der Waals surface area contributed by atoms with E-state index in [1.165, 1.54) is 10.4 Å². The number of hydrogen-bond donors (Lipinski definition) is 1. The Balaban J connectivity index is 2.68. The van der Waals surface area contributed by atoms with Crippen molar-refractivity contribution in [3.8, 4) is 0 Å². The predicted molar refractivity (Wildman–Crippen MR) is 70.0 cm³/mol. The van der Waals surface area contributed by atoms with Crippen molar-refractivity contribution in [3.63, 3.8) is 0 Å². The summed E-state index contributed by atoms with van der Waals surface area (Å²) in [6.45, 7) is 8.45. The van der Waals surface area contributed by atoms with E-state index in [9.17, 15) is 0 Å². The van der Waals surface area contributed by atoms with Crippen molar-refractivity contribution >= 4 is 27.4 Å². The van der Waals surface area contributed by atoms with Crippen molar-refractivity contribution in [1.82, 2.24) is 9.97 Å². The van der Waals surface area contributed by atoms with E-state index in [1.54, 1.807) is 11.3 Å². The zero-order valence-corrected chi connectivity index (χ0v) is 11.0. The average Bonchev–Trinajstić information content (AvgIpc) is 2.54. The van der Waals surface area contributed by atoms with E-state index in [-0.39, 0.29) is 0 Å². The summed E-state index contributed by atoms with van der Waals surface area (Å²) in [5, 5.41) is 1.04. The molecule has 3 nitrogen and oxygen atoms in total. The Bertz CT molecular complexity index is 531. The number of aryl methyl sites for hydroxylation is 2. The van der Waals surface area contributed by atoms with Crippen molar-refractivity contribution in [2.75, 3.05) is 5.73 Å². The standard InChI is InChI=1S/C12H17N3S/c1-5-6(2)11-14-10(13)9-7(3)8(4)16-12(9)15-11/h6H,5H2,1-4H3,(H2,13,14,15). The molecule has 2 aromatic rings. The van der Waals surface area contributed by atoms with Crippen LogP contribution in [-0.2, 0) is 0 Å². The summed E-state index contributed by atoms with van der Waals surface area (Å²) >= 11 is 1.70. The number of hydrogen-bond acceptors (Lipinski definition) is 4. The maximum atomic E-state index is 6.02. The largest absolute Gasteiger partial charge is 0.383 e. The highest BCUT2D eigenvalue weighted by atomic mass is 32.1. The minimum absolute atomic E-state index is 0.370. The lowest BCUT2D eigenvalue weighted by Crippen LogP contribution is -2.03. The fourth-order valence-electron chi connectivity index (χ4n) is 1.70. The van der Waals surface area contributed by atoms with Crippen LogP contribution in [0.15, 0.2) is 0 Å². The van der Waals surface area contributed by atoms with Gasteiger partial charge in [0, 0.05) is 10.8 Å². The number of thiophene rings is 1. The third kappa shape index (κ3) is 1.67. The second kappa shape index (κ2) is 4.01. The summed E-state index contributed by atoms with van der Waals surface area (Å²) in [6.07, 6.45) is 1.04. The Hall–Kier alpha value is -1.16. The van der Waals surface area contributed by atoms with Gasteiger partial charge in [-0.2, -0.15) is 0 Å². The van der Waals surface area contributed by atoms with Crippen molar-refractivity contribution in [2.24, 2.45) is 0 Å². The molecular weight excluding hydrogens is 218 g/mol. The van der Waals surface area contributed by atoms with Crippen molar-refractivity contribution in [1.29, 1.82) is 0 Å². The van der Waals surface area contributed by atoms with Gasteiger partial charge in [-0.1, -0.05) is 13.8 Å². The van der Waals surface area contributed by atoms with Gasteiger partial charge in [0.2, 0.25) is 0 Å². The van der Waals surface area contributed by atoms with Crippen molar-refractivity contribution in [3.05, 3.63) is 16.3 Å². The van der Waals surface area contributed by atoms with Crippen LogP contribution in [0.25, 0.3) is 10.2 Å². The topological polar surface area (TPSA) is 51.8 Å².